The van der Waals surface area contributed by atoms with Crippen molar-refractivity contribution in [3.63, 3.8) is 0 Å². The summed E-state index contributed by atoms with van der Waals surface area (Å²) < 4.78 is 0. The zero-order valence-electron chi connectivity index (χ0n) is 16.3. The zero-order valence-corrected chi connectivity index (χ0v) is 16.3. The molecule has 0 saturated carbocycles. The van der Waals surface area contributed by atoms with Crippen LogP contribution in [0.1, 0.15) is 46.7 Å². The molecular weight excluding hydrogens is 352 g/mol. The standard InChI is InChI=1S/C22H24N4O2/c1-14(2)10-11-25-22(28)19-20(24-13-12-23-19)26-21(27)18-9-8-15(3)16-6-4-5-7-17(16)18/h4-9,12-14H,10-11H2,1-3H3,(H,25,28)(H,24,26,27). The first-order valence-electron chi connectivity index (χ1n) is 9.36. The van der Waals surface area contributed by atoms with Crippen LogP contribution in [0.15, 0.2) is 48.8 Å². The Labute approximate surface area is 164 Å². The minimum absolute atomic E-state index is 0.107. The predicted octanol–water partition coefficient (Wildman–Crippen LogP) is 3.97. The van der Waals surface area contributed by atoms with E-state index in [0.717, 1.165) is 22.8 Å². The van der Waals surface area contributed by atoms with E-state index < -0.39 is 0 Å². The summed E-state index contributed by atoms with van der Waals surface area (Å²) in [7, 11) is 0. The van der Waals surface area contributed by atoms with Crippen LogP contribution in [0.4, 0.5) is 5.82 Å². The van der Waals surface area contributed by atoms with Gasteiger partial charge in [-0.05, 0) is 41.7 Å². The van der Waals surface area contributed by atoms with Gasteiger partial charge in [0.25, 0.3) is 11.8 Å². The number of anilines is 1. The van der Waals surface area contributed by atoms with Gasteiger partial charge in [-0.2, -0.15) is 0 Å². The molecule has 2 N–H and O–H groups in total. The van der Waals surface area contributed by atoms with Crippen LogP contribution in [0, 0.1) is 12.8 Å². The van der Waals surface area contributed by atoms with Crippen molar-refractivity contribution in [1.29, 1.82) is 0 Å². The number of carbonyl (C=O) groups excluding carboxylic acids is 2. The largest absolute Gasteiger partial charge is 0.351 e. The molecule has 6 nitrogen and oxygen atoms in total. The number of aryl methyl sites for hydroxylation is 1. The van der Waals surface area contributed by atoms with E-state index in [0.29, 0.717) is 18.0 Å². The van der Waals surface area contributed by atoms with Crippen LogP contribution in [0.3, 0.4) is 0 Å². The van der Waals surface area contributed by atoms with E-state index in [1.165, 1.54) is 12.4 Å². The van der Waals surface area contributed by atoms with Crippen molar-refractivity contribution in [2.24, 2.45) is 5.92 Å². The fraction of sp³-hybridized carbons (Fsp3) is 0.273. The first kappa shape index (κ1) is 19.5. The first-order valence-corrected chi connectivity index (χ1v) is 9.36. The fourth-order valence-corrected chi connectivity index (χ4v) is 2.98. The van der Waals surface area contributed by atoms with Crippen molar-refractivity contribution in [1.82, 2.24) is 15.3 Å². The maximum atomic E-state index is 12.9. The molecule has 0 bridgehead atoms. The van der Waals surface area contributed by atoms with Crippen LogP contribution in [-0.2, 0) is 0 Å². The number of nitrogens with one attached hydrogen (secondary N) is 2. The van der Waals surface area contributed by atoms with Gasteiger partial charge < -0.3 is 10.6 Å². The van der Waals surface area contributed by atoms with E-state index in [1.54, 1.807) is 6.07 Å². The molecule has 0 aliphatic carbocycles. The maximum Gasteiger partial charge on any atom is 0.273 e. The van der Waals surface area contributed by atoms with Crippen LogP contribution < -0.4 is 10.6 Å². The molecule has 0 radical (unpaired) electrons. The monoisotopic (exact) mass is 376 g/mol. The summed E-state index contributed by atoms with van der Waals surface area (Å²) in [5.41, 5.74) is 1.73. The quantitative estimate of drug-likeness (QED) is 0.682. The second-order valence-corrected chi connectivity index (χ2v) is 7.12. The highest BCUT2D eigenvalue weighted by molar-refractivity contribution is 6.14. The Balaban J connectivity index is 1.84. The molecule has 1 heterocycles. The molecule has 0 saturated heterocycles. The predicted molar refractivity (Wildman–Crippen MR) is 110 cm³/mol. The van der Waals surface area contributed by atoms with Gasteiger partial charge in [-0.25, -0.2) is 9.97 Å². The number of nitrogens with zero attached hydrogens (tertiary/aromatic N) is 2. The van der Waals surface area contributed by atoms with Crippen LogP contribution in [0.25, 0.3) is 10.8 Å². The number of benzene rings is 2. The van der Waals surface area contributed by atoms with Crippen LogP contribution in [0.5, 0.6) is 0 Å². The normalized spacial score (nSPS) is 10.9. The third-order valence-corrected chi connectivity index (χ3v) is 4.54. The highest BCUT2D eigenvalue weighted by Gasteiger charge is 2.18. The van der Waals surface area contributed by atoms with Gasteiger partial charge in [0.1, 0.15) is 0 Å². The molecule has 0 aliphatic rings. The molecule has 6 heteroatoms. The average molecular weight is 376 g/mol. The molecule has 2 amide bonds. The molecule has 0 fully saturated rings. The first-order chi connectivity index (χ1) is 13.5. The maximum absolute atomic E-state index is 12.9. The third-order valence-electron chi connectivity index (χ3n) is 4.54. The number of carbonyl (C=O) groups is 2. The van der Waals surface area contributed by atoms with Crippen molar-refractivity contribution in [2.45, 2.75) is 27.2 Å². The fourth-order valence-electron chi connectivity index (χ4n) is 2.98. The van der Waals surface area contributed by atoms with Crippen molar-refractivity contribution >= 4 is 28.4 Å². The summed E-state index contributed by atoms with van der Waals surface area (Å²) in [5.74, 6) is -0.0407. The molecule has 0 unspecified atom stereocenters. The number of hydrogen-bond acceptors (Lipinski definition) is 4. The SMILES string of the molecule is Cc1ccc(C(=O)Nc2nccnc2C(=O)NCCC(C)C)c2ccccc12. The van der Waals surface area contributed by atoms with E-state index in [9.17, 15) is 9.59 Å². The zero-order chi connectivity index (χ0) is 20.1. The van der Waals surface area contributed by atoms with Gasteiger partial charge >= 0.3 is 0 Å². The number of rotatable bonds is 6. The minimum atomic E-state index is -0.349. The Morgan fingerprint density at radius 3 is 2.43 bits per heavy atom. The summed E-state index contributed by atoms with van der Waals surface area (Å²) >= 11 is 0. The summed E-state index contributed by atoms with van der Waals surface area (Å²) in [6.07, 6.45) is 3.76. The Bertz CT molecular complexity index is 1010. The van der Waals surface area contributed by atoms with Gasteiger partial charge in [0.2, 0.25) is 0 Å². The number of fused-ring (bicyclic) bond motifs is 1. The molecule has 3 aromatic rings. The van der Waals surface area contributed by atoms with Crippen LogP contribution >= 0.6 is 0 Å². The number of aromatic nitrogens is 2. The van der Waals surface area contributed by atoms with Crippen LogP contribution in [0.2, 0.25) is 0 Å². The van der Waals surface area contributed by atoms with E-state index in [4.69, 9.17) is 0 Å². The van der Waals surface area contributed by atoms with Crippen molar-refractivity contribution in [3.05, 3.63) is 65.6 Å². The van der Waals surface area contributed by atoms with E-state index >= 15 is 0 Å². The molecule has 144 valence electrons. The Hall–Kier alpha value is -3.28. The Morgan fingerprint density at radius 2 is 1.68 bits per heavy atom. The summed E-state index contributed by atoms with van der Waals surface area (Å²) in [6.45, 7) is 6.73. The van der Waals surface area contributed by atoms with Gasteiger partial charge in [0.15, 0.2) is 11.5 Å². The molecule has 0 aliphatic heterocycles. The Morgan fingerprint density at radius 1 is 0.964 bits per heavy atom. The topological polar surface area (TPSA) is 84.0 Å². The number of amides is 2. The van der Waals surface area contributed by atoms with Crippen molar-refractivity contribution in [3.8, 4) is 0 Å². The van der Waals surface area contributed by atoms with Gasteiger partial charge in [-0.1, -0.05) is 44.2 Å². The van der Waals surface area contributed by atoms with E-state index in [2.05, 4.69) is 34.4 Å². The van der Waals surface area contributed by atoms with Crippen molar-refractivity contribution < 1.29 is 9.59 Å². The van der Waals surface area contributed by atoms with E-state index in [-0.39, 0.29) is 23.3 Å². The van der Waals surface area contributed by atoms with Gasteiger partial charge in [-0.3, -0.25) is 9.59 Å². The molecule has 0 spiro atoms. The lowest BCUT2D eigenvalue weighted by Crippen LogP contribution is -2.28. The highest BCUT2D eigenvalue weighted by atomic mass is 16.2. The second kappa shape index (κ2) is 8.61. The second-order valence-electron chi connectivity index (χ2n) is 7.12. The molecule has 28 heavy (non-hydrogen) atoms. The molecule has 1 aromatic heterocycles. The van der Waals surface area contributed by atoms with Crippen molar-refractivity contribution in [2.75, 3.05) is 11.9 Å². The third kappa shape index (κ3) is 4.34. The molecule has 3 rings (SSSR count). The molecular formula is C22H24N4O2. The highest BCUT2D eigenvalue weighted by Crippen LogP contribution is 2.23. The summed E-state index contributed by atoms with van der Waals surface area (Å²) in [5, 5.41) is 7.44. The molecule has 2 aromatic carbocycles. The molecule has 0 atom stereocenters. The van der Waals surface area contributed by atoms with Gasteiger partial charge in [-0.15, -0.1) is 0 Å². The summed E-state index contributed by atoms with van der Waals surface area (Å²) in [4.78, 5) is 33.6. The smallest absolute Gasteiger partial charge is 0.273 e. The van der Waals surface area contributed by atoms with Crippen LogP contribution in [-0.4, -0.2) is 28.3 Å². The van der Waals surface area contributed by atoms with Gasteiger partial charge in [0.05, 0.1) is 0 Å². The lowest BCUT2D eigenvalue weighted by Gasteiger charge is -2.12. The van der Waals surface area contributed by atoms with E-state index in [1.807, 2.05) is 37.3 Å². The Kier molecular flexibility index (Phi) is 5.99. The van der Waals surface area contributed by atoms with Gasteiger partial charge in [0, 0.05) is 24.5 Å². The average Bonchev–Trinajstić information content (AvgIpc) is 2.68. The summed E-state index contributed by atoms with van der Waals surface area (Å²) in [6, 6.07) is 11.4. The number of hydrogen-bond donors (Lipinski definition) is 2. The minimum Gasteiger partial charge on any atom is -0.351 e. The lowest BCUT2D eigenvalue weighted by atomic mass is 10.00. The lowest BCUT2D eigenvalue weighted by molar-refractivity contribution is 0.0947.